The SMILES string of the molecule is OC(Cc1cc(F)ccc1F)C1CCCOC1. The summed E-state index contributed by atoms with van der Waals surface area (Å²) in [6.07, 6.45) is 1.25. The van der Waals surface area contributed by atoms with E-state index in [0.717, 1.165) is 37.6 Å². The summed E-state index contributed by atoms with van der Waals surface area (Å²) >= 11 is 0. The molecule has 2 unspecified atom stereocenters. The summed E-state index contributed by atoms with van der Waals surface area (Å²) in [5, 5.41) is 9.97. The Hall–Kier alpha value is -1.00. The Morgan fingerprint density at radius 2 is 2.24 bits per heavy atom. The van der Waals surface area contributed by atoms with Crippen LogP contribution in [0.3, 0.4) is 0 Å². The summed E-state index contributed by atoms with van der Waals surface area (Å²) in [4.78, 5) is 0. The molecule has 1 saturated heterocycles. The lowest BCUT2D eigenvalue weighted by atomic mass is 9.91. The van der Waals surface area contributed by atoms with Crippen LogP contribution in [0.5, 0.6) is 0 Å². The molecule has 0 amide bonds. The predicted molar refractivity (Wildman–Crippen MR) is 59.6 cm³/mol. The zero-order chi connectivity index (χ0) is 12.3. The molecular weight excluding hydrogens is 226 g/mol. The van der Waals surface area contributed by atoms with E-state index in [2.05, 4.69) is 0 Å². The van der Waals surface area contributed by atoms with Crippen molar-refractivity contribution in [2.75, 3.05) is 13.2 Å². The van der Waals surface area contributed by atoms with Gasteiger partial charge in [0, 0.05) is 18.9 Å². The Labute approximate surface area is 99.2 Å². The van der Waals surface area contributed by atoms with Gasteiger partial charge in [0.05, 0.1) is 12.7 Å². The van der Waals surface area contributed by atoms with Gasteiger partial charge in [0.2, 0.25) is 0 Å². The highest BCUT2D eigenvalue weighted by molar-refractivity contribution is 5.19. The number of rotatable bonds is 3. The van der Waals surface area contributed by atoms with Crippen molar-refractivity contribution in [1.29, 1.82) is 0 Å². The van der Waals surface area contributed by atoms with Gasteiger partial charge in [0.15, 0.2) is 0 Å². The molecule has 1 aromatic rings. The summed E-state index contributed by atoms with van der Waals surface area (Å²) in [6, 6.07) is 3.31. The highest BCUT2D eigenvalue weighted by atomic mass is 19.1. The summed E-state index contributed by atoms with van der Waals surface area (Å²) in [7, 11) is 0. The molecule has 0 spiro atoms. The van der Waals surface area contributed by atoms with Crippen molar-refractivity contribution in [3.8, 4) is 0 Å². The molecule has 2 rings (SSSR count). The molecule has 1 aliphatic heterocycles. The lowest BCUT2D eigenvalue weighted by molar-refractivity contribution is -0.00875. The maximum Gasteiger partial charge on any atom is 0.126 e. The minimum absolute atomic E-state index is 0.0198. The molecule has 0 radical (unpaired) electrons. The third-order valence-electron chi connectivity index (χ3n) is 3.18. The van der Waals surface area contributed by atoms with Gasteiger partial charge in [0.25, 0.3) is 0 Å². The molecule has 1 N–H and O–H groups in total. The van der Waals surface area contributed by atoms with Crippen molar-refractivity contribution in [3.63, 3.8) is 0 Å². The summed E-state index contributed by atoms with van der Waals surface area (Å²) < 4.78 is 31.6. The van der Waals surface area contributed by atoms with Crippen molar-refractivity contribution in [1.82, 2.24) is 0 Å². The maximum absolute atomic E-state index is 13.4. The van der Waals surface area contributed by atoms with Crippen LogP contribution in [0.2, 0.25) is 0 Å². The molecule has 0 bridgehead atoms. The van der Waals surface area contributed by atoms with Crippen LogP contribution in [0.15, 0.2) is 18.2 Å². The lowest BCUT2D eigenvalue weighted by Gasteiger charge is -2.26. The highest BCUT2D eigenvalue weighted by Gasteiger charge is 2.23. The number of hydrogen-bond acceptors (Lipinski definition) is 2. The normalized spacial score (nSPS) is 22.4. The molecule has 0 saturated carbocycles. The summed E-state index contributed by atoms with van der Waals surface area (Å²) in [6.45, 7) is 1.22. The van der Waals surface area contributed by atoms with Crippen molar-refractivity contribution in [2.24, 2.45) is 5.92 Å². The van der Waals surface area contributed by atoms with Crippen molar-refractivity contribution < 1.29 is 18.6 Å². The van der Waals surface area contributed by atoms with Crippen LogP contribution in [-0.2, 0) is 11.2 Å². The van der Waals surface area contributed by atoms with Crippen LogP contribution < -0.4 is 0 Å². The van der Waals surface area contributed by atoms with Gasteiger partial charge in [0.1, 0.15) is 11.6 Å². The minimum Gasteiger partial charge on any atom is -0.392 e. The Morgan fingerprint density at radius 1 is 1.41 bits per heavy atom. The predicted octanol–water partition coefficient (Wildman–Crippen LogP) is 2.29. The lowest BCUT2D eigenvalue weighted by Crippen LogP contribution is -2.30. The van der Waals surface area contributed by atoms with Gasteiger partial charge in [-0.1, -0.05) is 0 Å². The molecule has 94 valence electrons. The van der Waals surface area contributed by atoms with Gasteiger partial charge in [-0.25, -0.2) is 8.78 Å². The van der Waals surface area contributed by atoms with E-state index < -0.39 is 17.7 Å². The fourth-order valence-electron chi connectivity index (χ4n) is 2.16. The fraction of sp³-hybridized carbons (Fsp3) is 0.538. The zero-order valence-corrected chi connectivity index (χ0v) is 9.53. The van der Waals surface area contributed by atoms with E-state index in [0.29, 0.717) is 6.61 Å². The van der Waals surface area contributed by atoms with Gasteiger partial charge in [-0.15, -0.1) is 0 Å². The summed E-state index contributed by atoms with van der Waals surface area (Å²) in [5.41, 5.74) is 0.225. The van der Waals surface area contributed by atoms with Crippen LogP contribution in [0, 0.1) is 17.6 Å². The van der Waals surface area contributed by atoms with Crippen LogP contribution in [0.4, 0.5) is 8.78 Å². The first-order valence-electron chi connectivity index (χ1n) is 5.86. The molecular formula is C13H16F2O2. The van der Waals surface area contributed by atoms with Gasteiger partial charge in [-0.2, -0.15) is 0 Å². The second-order valence-electron chi connectivity index (χ2n) is 4.48. The fourth-order valence-corrected chi connectivity index (χ4v) is 2.16. The minimum atomic E-state index is -0.674. The van der Waals surface area contributed by atoms with Gasteiger partial charge in [-0.05, 0) is 36.6 Å². The highest BCUT2D eigenvalue weighted by Crippen LogP contribution is 2.21. The van der Waals surface area contributed by atoms with Gasteiger partial charge >= 0.3 is 0 Å². The van der Waals surface area contributed by atoms with Crippen LogP contribution in [0.1, 0.15) is 18.4 Å². The van der Waals surface area contributed by atoms with E-state index in [1.165, 1.54) is 0 Å². The Balaban J connectivity index is 2.01. The number of aliphatic hydroxyl groups excluding tert-OH is 1. The smallest absolute Gasteiger partial charge is 0.126 e. The molecule has 0 aliphatic carbocycles. The Kier molecular flexibility index (Phi) is 4.07. The first-order valence-corrected chi connectivity index (χ1v) is 5.86. The van der Waals surface area contributed by atoms with Crippen LogP contribution >= 0.6 is 0 Å². The van der Waals surface area contributed by atoms with Crippen molar-refractivity contribution in [3.05, 3.63) is 35.4 Å². The van der Waals surface area contributed by atoms with Crippen molar-refractivity contribution in [2.45, 2.75) is 25.4 Å². The van der Waals surface area contributed by atoms with Crippen molar-refractivity contribution >= 4 is 0 Å². The number of aliphatic hydroxyl groups is 1. The average Bonchev–Trinajstić information content (AvgIpc) is 2.35. The van der Waals surface area contributed by atoms with E-state index in [4.69, 9.17) is 4.74 Å². The Morgan fingerprint density at radius 3 is 2.94 bits per heavy atom. The van der Waals surface area contributed by atoms with Gasteiger partial charge in [-0.3, -0.25) is 0 Å². The monoisotopic (exact) mass is 242 g/mol. The standard InChI is InChI=1S/C13H16F2O2/c14-11-3-4-12(15)10(6-11)7-13(16)9-2-1-5-17-8-9/h3-4,6,9,13,16H,1-2,5,7-8H2. The van der Waals surface area contributed by atoms with Gasteiger partial charge < -0.3 is 9.84 Å². The molecule has 1 aromatic carbocycles. The summed E-state index contributed by atoms with van der Waals surface area (Å²) in [5.74, 6) is -0.929. The van der Waals surface area contributed by atoms with Crippen LogP contribution in [0.25, 0.3) is 0 Å². The average molecular weight is 242 g/mol. The molecule has 4 heteroatoms. The second kappa shape index (κ2) is 5.56. The third kappa shape index (κ3) is 3.23. The maximum atomic E-state index is 13.4. The molecule has 17 heavy (non-hydrogen) atoms. The third-order valence-corrected chi connectivity index (χ3v) is 3.18. The first-order chi connectivity index (χ1) is 8.16. The largest absolute Gasteiger partial charge is 0.392 e. The number of halogens is 2. The molecule has 2 nitrogen and oxygen atoms in total. The van der Waals surface area contributed by atoms with E-state index in [-0.39, 0.29) is 17.9 Å². The molecule has 2 atom stereocenters. The molecule has 1 fully saturated rings. The van der Waals surface area contributed by atoms with E-state index >= 15 is 0 Å². The quantitative estimate of drug-likeness (QED) is 0.881. The zero-order valence-electron chi connectivity index (χ0n) is 9.53. The topological polar surface area (TPSA) is 29.5 Å². The number of hydrogen-bond donors (Lipinski definition) is 1. The second-order valence-corrected chi connectivity index (χ2v) is 4.48. The first kappa shape index (κ1) is 12.5. The number of ether oxygens (including phenoxy) is 1. The molecule has 1 aliphatic rings. The van der Waals surface area contributed by atoms with E-state index in [1.54, 1.807) is 0 Å². The van der Waals surface area contributed by atoms with E-state index in [1.807, 2.05) is 0 Å². The molecule has 0 aromatic heterocycles. The number of benzene rings is 1. The van der Waals surface area contributed by atoms with Crippen LogP contribution in [-0.4, -0.2) is 24.4 Å². The Bertz CT molecular complexity index is 376. The van der Waals surface area contributed by atoms with E-state index in [9.17, 15) is 13.9 Å². The molecule has 1 heterocycles.